The summed E-state index contributed by atoms with van der Waals surface area (Å²) < 4.78 is 53.0. The lowest BCUT2D eigenvalue weighted by molar-refractivity contribution is -0.137. The highest BCUT2D eigenvalue weighted by atomic mass is 19.4. The lowest BCUT2D eigenvalue weighted by Crippen LogP contribution is -2.17. The highest BCUT2D eigenvalue weighted by molar-refractivity contribution is 5.96. The SMILES string of the molecule is NC(=O)c1c(O)cc(-c2cc(F)cc(C(F)(F)F)c2)c2ncnn12. The number of nitrogens with zero attached hydrogens (tertiary/aromatic N) is 3. The van der Waals surface area contributed by atoms with Gasteiger partial charge in [0.25, 0.3) is 5.91 Å². The maximum absolute atomic E-state index is 13.6. The topological polar surface area (TPSA) is 93.5 Å². The van der Waals surface area contributed by atoms with Crippen LogP contribution in [0.2, 0.25) is 0 Å². The molecule has 0 saturated carbocycles. The van der Waals surface area contributed by atoms with Crippen LogP contribution in [0.25, 0.3) is 16.8 Å². The second-order valence-corrected chi connectivity index (χ2v) is 4.88. The molecule has 3 rings (SSSR count). The van der Waals surface area contributed by atoms with Gasteiger partial charge < -0.3 is 10.8 Å². The molecule has 0 spiro atoms. The van der Waals surface area contributed by atoms with E-state index >= 15 is 0 Å². The van der Waals surface area contributed by atoms with E-state index in [2.05, 4.69) is 10.1 Å². The van der Waals surface area contributed by atoms with E-state index in [4.69, 9.17) is 5.73 Å². The van der Waals surface area contributed by atoms with E-state index in [-0.39, 0.29) is 16.8 Å². The van der Waals surface area contributed by atoms with Gasteiger partial charge in [-0.05, 0) is 29.8 Å². The lowest BCUT2D eigenvalue weighted by atomic mass is 10.0. The molecule has 0 aliphatic rings. The number of fused-ring (bicyclic) bond motifs is 1. The van der Waals surface area contributed by atoms with Gasteiger partial charge in [-0.15, -0.1) is 0 Å². The standard InChI is InChI=1S/C14H8F4N4O2/c15-8-2-6(1-7(3-8)14(16,17)18)9-4-10(23)11(12(19)24)22-13(9)20-5-21-22/h1-5,23H,(H2,19,24). The molecule has 124 valence electrons. The van der Waals surface area contributed by atoms with Crippen molar-refractivity contribution in [3.8, 4) is 16.9 Å². The number of hydrogen-bond donors (Lipinski definition) is 2. The molecule has 0 atom stereocenters. The molecule has 0 aliphatic heterocycles. The van der Waals surface area contributed by atoms with Gasteiger partial charge in [0.2, 0.25) is 0 Å². The maximum atomic E-state index is 13.6. The Hall–Kier alpha value is -3.17. The Morgan fingerprint density at radius 1 is 1.21 bits per heavy atom. The number of carbonyl (C=O) groups excluding carboxylic acids is 1. The number of alkyl halides is 3. The Labute approximate surface area is 131 Å². The summed E-state index contributed by atoms with van der Waals surface area (Å²) in [6.07, 6.45) is -3.73. The quantitative estimate of drug-likeness (QED) is 0.700. The molecular weight excluding hydrogens is 332 g/mol. The molecule has 3 N–H and O–H groups in total. The number of amides is 1. The monoisotopic (exact) mass is 340 g/mol. The number of carbonyl (C=O) groups is 1. The van der Waals surface area contributed by atoms with Gasteiger partial charge in [-0.2, -0.15) is 18.3 Å². The fourth-order valence-corrected chi connectivity index (χ4v) is 2.32. The molecule has 3 aromatic rings. The fraction of sp³-hybridized carbons (Fsp3) is 0.0714. The van der Waals surface area contributed by atoms with Gasteiger partial charge in [-0.25, -0.2) is 13.9 Å². The number of nitrogens with two attached hydrogens (primary N) is 1. The summed E-state index contributed by atoms with van der Waals surface area (Å²) in [5.41, 5.74) is 3.26. The molecule has 0 unspecified atom stereocenters. The van der Waals surface area contributed by atoms with Crippen LogP contribution in [0.1, 0.15) is 16.1 Å². The Bertz CT molecular complexity index is 965. The van der Waals surface area contributed by atoms with Crippen molar-refractivity contribution in [3.05, 3.63) is 47.7 Å². The summed E-state index contributed by atoms with van der Waals surface area (Å²) in [5, 5.41) is 13.6. The van der Waals surface area contributed by atoms with Crippen molar-refractivity contribution in [1.29, 1.82) is 0 Å². The van der Waals surface area contributed by atoms with Gasteiger partial charge in [0.1, 0.15) is 17.9 Å². The van der Waals surface area contributed by atoms with Crippen molar-refractivity contribution in [1.82, 2.24) is 14.6 Å². The zero-order valence-corrected chi connectivity index (χ0v) is 11.7. The molecule has 1 aromatic carbocycles. The molecule has 0 saturated heterocycles. The Balaban J connectivity index is 2.32. The molecule has 10 heteroatoms. The average Bonchev–Trinajstić information content (AvgIpc) is 2.93. The van der Waals surface area contributed by atoms with Crippen LogP contribution in [0.4, 0.5) is 17.6 Å². The minimum Gasteiger partial charge on any atom is -0.505 e. The highest BCUT2D eigenvalue weighted by Crippen LogP contribution is 2.35. The summed E-state index contributed by atoms with van der Waals surface area (Å²) in [5.74, 6) is -2.74. The Morgan fingerprint density at radius 2 is 1.92 bits per heavy atom. The number of benzene rings is 1. The lowest BCUT2D eigenvalue weighted by Gasteiger charge is -2.12. The third-order valence-electron chi connectivity index (χ3n) is 3.29. The van der Waals surface area contributed by atoms with E-state index in [0.29, 0.717) is 12.1 Å². The van der Waals surface area contributed by atoms with E-state index in [1.54, 1.807) is 0 Å². The van der Waals surface area contributed by atoms with Crippen LogP contribution in [-0.2, 0) is 6.18 Å². The minimum atomic E-state index is -4.75. The zero-order valence-electron chi connectivity index (χ0n) is 11.7. The first kappa shape index (κ1) is 15.7. The number of rotatable bonds is 2. The predicted molar refractivity (Wildman–Crippen MR) is 73.6 cm³/mol. The fourth-order valence-electron chi connectivity index (χ4n) is 2.32. The molecule has 2 aromatic heterocycles. The number of aromatic hydroxyl groups is 1. The minimum absolute atomic E-state index is 0.0417. The summed E-state index contributed by atoms with van der Waals surface area (Å²) in [7, 11) is 0. The molecular formula is C14H8F4N4O2. The Kier molecular flexibility index (Phi) is 3.39. The molecule has 0 fully saturated rings. The molecule has 0 radical (unpaired) electrons. The zero-order chi connectivity index (χ0) is 17.6. The smallest absolute Gasteiger partial charge is 0.416 e. The Morgan fingerprint density at radius 3 is 2.54 bits per heavy atom. The number of pyridine rings is 1. The van der Waals surface area contributed by atoms with Crippen molar-refractivity contribution < 1.29 is 27.5 Å². The van der Waals surface area contributed by atoms with Crippen LogP contribution in [0.5, 0.6) is 5.75 Å². The summed E-state index contributed by atoms with van der Waals surface area (Å²) in [6.45, 7) is 0. The van der Waals surface area contributed by atoms with Crippen LogP contribution < -0.4 is 5.73 Å². The van der Waals surface area contributed by atoms with Crippen molar-refractivity contribution in [2.75, 3.05) is 0 Å². The predicted octanol–water partition coefficient (Wildman–Crippen LogP) is 2.36. The first-order chi connectivity index (χ1) is 11.2. The average molecular weight is 340 g/mol. The van der Waals surface area contributed by atoms with E-state index in [1.807, 2.05) is 0 Å². The van der Waals surface area contributed by atoms with Crippen molar-refractivity contribution in [2.24, 2.45) is 5.73 Å². The van der Waals surface area contributed by atoms with Gasteiger partial charge in [-0.1, -0.05) is 0 Å². The number of aromatic nitrogens is 3. The molecule has 0 aliphatic carbocycles. The van der Waals surface area contributed by atoms with Crippen LogP contribution in [0, 0.1) is 5.82 Å². The van der Waals surface area contributed by atoms with Crippen LogP contribution in [0.15, 0.2) is 30.6 Å². The first-order valence-corrected chi connectivity index (χ1v) is 6.42. The van der Waals surface area contributed by atoms with E-state index in [0.717, 1.165) is 23.0 Å². The number of primary amides is 1. The second kappa shape index (κ2) is 5.18. The third-order valence-corrected chi connectivity index (χ3v) is 3.29. The van der Waals surface area contributed by atoms with Gasteiger partial charge in [-0.3, -0.25) is 4.79 Å². The van der Waals surface area contributed by atoms with E-state index < -0.39 is 34.9 Å². The van der Waals surface area contributed by atoms with E-state index in [1.165, 1.54) is 0 Å². The van der Waals surface area contributed by atoms with Crippen LogP contribution in [0.3, 0.4) is 0 Å². The van der Waals surface area contributed by atoms with Gasteiger partial charge >= 0.3 is 6.18 Å². The second-order valence-electron chi connectivity index (χ2n) is 4.88. The maximum Gasteiger partial charge on any atom is 0.416 e. The van der Waals surface area contributed by atoms with Gasteiger partial charge in [0.05, 0.1) is 5.56 Å². The molecule has 6 nitrogen and oxygen atoms in total. The van der Waals surface area contributed by atoms with Crippen molar-refractivity contribution in [3.63, 3.8) is 0 Å². The number of halogens is 4. The van der Waals surface area contributed by atoms with Crippen molar-refractivity contribution in [2.45, 2.75) is 6.18 Å². The molecule has 1 amide bonds. The summed E-state index contributed by atoms with van der Waals surface area (Å²) in [4.78, 5) is 15.2. The number of hydrogen-bond acceptors (Lipinski definition) is 4. The highest BCUT2D eigenvalue weighted by Gasteiger charge is 2.32. The van der Waals surface area contributed by atoms with Gasteiger partial charge in [0.15, 0.2) is 11.3 Å². The van der Waals surface area contributed by atoms with Crippen molar-refractivity contribution >= 4 is 11.6 Å². The van der Waals surface area contributed by atoms with Gasteiger partial charge in [0, 0.05) is 5.56 Å². The third kappa shape index (κ3) is 2.51. The molecule has 0 bridgehead atoms. The molecule has 2 heterocycles. The van der Waals surface area contributed by atoms with Crippen LogP contribution in [-0.4, -0.2) is 25.6 Å². The normalized spacial score (nSPS) is 11.8. The summed E-state index contributed by atoms with van der Waals surface area (Å²) in [6, 6.07) is 2.89. The largest absolute Gasteiger partial charge is 0.505 e. The molecule has 24 heavy (non-hydrogen) atoms. The summed E-state index contributed by atoms with van der Waals surface area (Å²) >= 11 is 0. The van der Waals surface area contributed by atoms with E-state index in [9.17, 15) is 27.5 Å². The van der Waals surface area contributed by atoms with Crippen LogP contribution >= 0.6 is 0 Å². The first-order valence-electron chi connectivity index (χ1n) is 6.42.